The molecule has 0 spiro atoms. The van der Waals surface area contributed by atoms with Crippen molar-refractivity contribution < 1.29 is 14.3 Å². The topological polar surface area (TPSA) is 103 Å². The first kappa shape index (κ1) is 26.3. The zero-order chi connectivity index (χ0) is 27.7. The van der Waals surface area contributed by atoms with Crippen LogP contribution in [0.5, 0.6) is 5.75 Å². The number of carbonyl (C=O) groups excluding carboxylic acids is 2. The van der Waals surface area contributed by atoms with E-state index >= 15 is 0 Å². The molecule has 1 fully saturated rings. The van der Waals surface area contributed by atoms with Gasteiger partial charge in [0.2, 0.25) is 5.91 Å². The Hall–Kier alpha value is -4.29. The molecule has 1 saturated heterocycles. The number of carbonyl (C=O) groups is 2. The Morgan fingerprint density at radius 3 is 2.59 bits per heavy atom. The van der Waals surface area contributed by atoms with Crippen LogP contribution in [-0.4, -0.2) is 57.9 Å². The highest BCUT2D eigenvalue weighted by molar-refractivity contribution is 6.30. The Labute approximate surface area is 232 Å². The van der Waals surface area contributed by atoms with E-state index in [2.05, 4.69) is 11.4 Å². The van der Waals surface area contributed by atoms with Crippen LogP contribution in [0.15, 0.2) is 65.9 Å². The zero-order valence-electron chi connectivity index (χ0n) is 22.0. The number of piperazine rings is 1. The average molecular weight is 545 g/mol. The van der Waals surface area contributed by atoms with E-state index in [0.29, 0.717) is 40.8 Å². The maximum Gasteiger partial charge on any atom is 0.326 e. The van der Waals surface area contributed by atoms with Gasteiger partial charge in [0.15, 0.2) is 0 Å². The molecule has 5 rings (SSSR count). The highest BCUT2D eigenvalue weighted by Gasteiger charge is 2.45. The SMILES string of the molecule is CC(C)Oc1cc(C#N)ccc1C1=NC(c2ccc(Cl)cc2)C(c2ccn(C)c2)N1C(=O)N1CCNC(=O)C1. The van der Waals surface area contributed by atoms with Crippen LogP contribution in [0.4, 0.5) is 4.79 Å². The number of amidine groups is 1. The molecule has 1 aromatic heterocycles. The molecular weight excluding hydrogens is 516 g/mol. The van der Waals surface area contributed by atoms with Crippen LogP contribution >= 0.6 is 11.6 Å². The van der Waals surface area contributed by atoms with Gasteiger partial charge in [-0.15, -0.1) is 0 Å². The third-order valence-corrected chi connectivity index (χ3v) is 6.96. The Morgan fingerprint density at radius 1 is 1.18 bits per heavy atom. The van der Waals surface area contributed by atoms with E-state index < -0.39 is 12.1 Å². The van der Waals surface area contributed by atoms with E-state index in [4.69, 9.17) is 21.3 Å². The standard InChI is InChI=1S/C29H29ClN6O3/c1-18(2)39-24-14-19(15-31)4-9-23(24)28-33-26(20-5-7-22(30)8-6-20)27(21-10-12-34(3)16-21)36(28)29(38)35-13-11-32-25(37)17-35/h4-10,12,14,16,18,26-27H,11,13,17H2,1-3H3,(H,32,37). The lowest BCUT2D eigenvalue weighted by atomic mass is 9.95. The molecule has 2 aliphatic rings. The van der Waals surface area contributed by atoms with E-state index in [1.54, 1.807) is 28.0 Å². The first-order valence-corrected chi connectivity index (χ1v) is 13.1. The lowest BCUT2D eigenvalue weighted by Gasteiger charge is -2.35. The van der Waals surface area contributed by atoms with Gasteiger partial charge in [0.25, 0.3) is 0 Å². The van der Waals surface area contributed by atoms with E-state index in [1.165, 1.54) is 0 Å². The minimum absolute atomic E-state index is 0.0432. The number of aliphatic imine (C=N–C) groups is 1. The van der Waals surface area contributed by atoms with Gasteiger partial charge < -0.3 is 19.5 Å². The van der Waals surface area contributed by atoms with Crippen LogP contribution < -0.4 is 10.1 Å². The second-order valence-electron chi connectivity index (χ2n) is 9.92. The molecule has 39 heavy (non-hydrogen) atoms. The summed E-state index contributed by atoms with van der Waals surface area (Å²) in [5.41, 5.74) is 2.81. The number of hydrogen-bond donors (Lipinski definition) is 1. The average Bonchev–Trinajstić information content (AvgIpc) is 3.52. The number of urea groups is 1. The van der Waals surface area contributed by atoms with Gasteiger partial charge in [0.1, 0.15) is 24.2 Å². The van der Waals surface area contributed by atoms with Crippen molar-refractivity contribution >= 4 is 29.4 Å². The highest BCUT2D eigenvalue weighted by atomic mass is 35.5. The van der Waals surface area contributed by atoms with Crippen LogP contribution in [0.25, 0.3) is 0 Å². The fourth-order valence-electron chi connectivity index (χ4n) is 4.98. The number of amides is 3. The molecule has 200 valence electrons. The largest absolute Gasteiger partial charge is 0.490 e. The maximum atomic E-state index is 14.3. The number of aryl methyl sites for hydroxylation is 1. The summed E-state index contributed by atoms with van der Waals surface area (Å²) >= 11 is 6.20. The normalized spacial score (nSPS) is 19.1. The summed E-state index contributed by atoms with van der Waals surface area (Å²) < 4.78 is 8.05. The van der Waals surface area contributed by atoms with Gasteiger partial charge in [-0.1, -0.05) is 23.7 Å². The molecule has 2 unspecified atom stereocenters. The molecule has 0 aliphatic carbocycles. The number of hydrogen-bond acceptors (Lipinski definition) is 5. The van der Waals surface area contributed by atoms with Crippen LogP contribution in [0, 0.1) is 11.3 Å². The van der Waals surface area contributed by atoms with E-state index in [1.807, 2.05) is 68.2 Å². The van der Waals surface area contributed by atoms with Crippen LogP contribution in [0.2, 0.25) is 5.02 Å². The number of nitrogens with one attached hydrogen (secondary N) is 1. The van der Waals surface area contributed by atoms with Gasteiger partial charge in [0.05, 0.1) is 29.3 Å². The van der Waals surface area contributed by atoms with E-state index in [-0.39, 0.29) is 24.6 Å². The number of rotatable bonds is 5. The maximum absolute atomic E-state index is 14.3. The lowest BCUT2D eigenvalue weighted by Crippen LogP contribution is -2.55. The van der Waals surface area contributed by atoms with Gasteiger partial charge in [0, 0.05) is 37.6 Å². The number of benzene rings is 2. The van der Waals surface area contributed by atoms with Crippen LogP contribution in [-0.2, 0) is 11.8 Å². The molecular formula is C29H29ClN6O3. The molecule has 10 heteroatoms. The van der Waals surface area contributed by atoms with Crippen molar-refractivity contribution in [1.82, 2.24) is 19.7 Å². The summed E-state index contributed by atoms with van der Waals surface area (Å²) in [6.07, 6.45) is 3.73. The van der Waals surface area contributed by atoms with Crippen molar-refractivity contribution in [2.24, 2.45) is 12.0 Å². The fraction of sp³-hybridized carbons (Fsp3) is 0.310. The number of halogens is 1. The fourth-order valence-corrected chi connectivity index (χ4v) is 5.10. The van der Waals surface area contributed by atoms with E-state index in [0.717, 1.165) is 11.1 Å². The predicted molar refractivity (Wildman–Crippen MR) is 148 cm³/mol. The minimum atomic E-state index is -0.498. The van der Waals surface area contributed by atoms with Gasteiger partial charge in [-0.2, -0.15) is 5.26 Å². The molecule has 2 aliphatic heterocycles. The first-order valence-electron chi connectivity index (χ1n) is 12.8. The number of nitrogens with zero attached hydrogens (tertiary/aromatic N) is 5. The summed E-state index contributed by atoms with van der Waals surface area (Å²) in [6.45, 7) is 4.51. The third kappa shape index (κ3) is 5.33. The molecule has 3 amide bonds. The molecule has 2 aromatic carbocycles. The number of aromatic nitrogens is 1. The Morgan fingerprint density at radius 2 is 1.95 bits per heavy atom. The van der Waals surface area contributed by atoms with Gasteiger partial charge >= 0.3 is 6.03 Å². The smallest absolute Gasteiger partial charge is 0.326 e. The Kier molecular flexibility index (Phi) is 7.31. The molecule has 9 nitrogen and oxygen atoms in total. The molecule has 3 aromatic rings. The highest BCUT2D eigenvalue weighted by Crippen LogP contribution is 2.45. The first-order chi connectivity index (χ1) is 18.7. The predicted octanol–water partition coefficient (Wildman–Crippen LogP) is 4.43. The summed E-state index contributed by atoms with van der Waals surface area (Å²) in [4.78, 5) is 34.9. The summed E-state index contributed by atoms with van der Waals surface area (Å²) in [5, 5.41) is 12.9. The Balaban J connectivity index is 1.70. The zero-order valence-corrected chi connectivity index (χ0v) is 22.7. The molecule has 0 saturated carbocycles. The second kappa shape index (κ2) is 10.8. The van der Waals surface area contributed by atoms with Crippen LogP contribution in [0.1, 0.15) is 48.2 Å². The van der Waals surface area contributed by atoms with Crippen LogP contribution in [0.3, 0.4) is 0 Å². The van der Waals surface area contributed by atoms with Crippen molar-refractivity contribution in [1.29, 1.82) is 5.26 Å². The van der Waals surface area contributed by atoms with Crippen molar-refractivity contribution in [3.05, 3.63) is 88.2 Å². The quantitative estimate of drug-likeness (QED) is 0.513. The Bertz CT molecular complexity index is 1470. The summed E-state index contributed by atoms with van der Waals surface area (Å²) in [7, 11) is 1.92. The summed E-state index contributed by atoms with van der Waals surface area (Å²) in [6, 6.07) is 15.4. The van der Waals surface area contributed by atoms with Gasteiger partial charge in [-0.05, 0) is 61.4 Å². The lowest BCUT2D eigenvalue weighted by molar-refractivity contribution is -0.123. The second-order valence-corrected chi connectivity index (χ2v) is 10.4. The van der Waals surface area contributed by atoms with Crippen molar-refractivity contribution in [3.63, 3.8) is 0 Å². The molecule has 3 heterocycles. The van der Waals surface area contributed by atoms with E-state index in [9.17, 15) is 14.9 Å². The van der Waals surface area contributed by atoms with Crippen molar-refractivity contribution in [2.45, 2.75) is 32.0 Å². The number of ether oxygens (including phenoxy) is 1. The van der Waals surface area contributed by atoms with Gasteiger partial charge in [-0.25, -0.2) is 4.79 Å². The third-order valence-electron chi connectivity index (χ3n) is 6.70. The monoisotopic (exact) mass is 544 g/mol. The molecule has 0 bridgehead atoms. The molecule has 0 radical (unpaired) electrons. The molecule has 1 N–H and O–H groups in total. The van der Waals surface area contributed by atoms with Crippen molar-refractivity contribution in [3.8, 4) is 11.8 Å². The number of nitriles is 1. The molecule has 2 atom stereocenters. The van der Waals surface area contributed by atoms with Crippen molar-refractivity contribution in [2.75, 3.05) is 19.6 Å². The van der Waals surface area contributed by atoms with Gasteiger partial charge in [-0.3, -0.25) is 14.7 Å². The summed E-state index contributed by atoms with van der Waals surface area (Å²) in [5.74, 6) is 0.667. The minimum Gasteiger partial charge on any atom is -0.490 e.